The van der Waals surface area contributed by atoms with Crippen molar-refractivity contribution < 1.29 is 13.2 Å². The van der Waals surface area contributed by atoms with Gasteiger partial charge in [0.25, 0.3) is 0 Å². The lowest BCUT2D eigenvalue weighted by molar-refractivity contribution is -0.131. The molecular formula is C22H24ClN3O3S3. The number of hydrogen-bond acceptors (Lipinski definition) is 7. The van der Waals surface area contributed by atoms with Gasteiger partial charge in [-0.15, -0.1) is 11.8 Å². The van der Waals surface area contributed by atoms with Crippen molar-refractivity contribution in [1.29, 1.82) is 0 Å². The molecule has 0 unspecified atom stereocenters. The number of benzene rings is 2. The molecule has 170 valence electrons. The first kappa shape index (κ1) is 23.4. The lowest BCUT2D eigenvalue weighted by atomic mass is 10.2. The monoisotopic (exact) mass is 509 g/mol. The zero-order valence-corrected chi connectivity index (χ0v) is 20.9. The SMILES string of the molecule is CSc1cccc2sc(N3CCN(C(=O)CCCS(=O)(=O)c4ccc(Cl)cc4)CC3)nc12. The molecule has 0 atom stereocenters. The Bertz CT molecular complexity index is 1200. The van der Waals surface area contributed by atoms with E-state index in [-0.39, 0.29) is 23.0 Å². The Morgan fingerprint density at radius 1 is 1.12 bits per heavy atom. The summed E-state index contributed by atoms with van der Waals surface area (Å²) < 4.78 is 26.1. The van der Waals surface area contributed by atoms with Crippen LogP contribution in [0.5, 0.6) is 0 Å². The number of sulfone groups is 1. The minimum absolute atomic E-state index is 0.00456. The quantitative estimate of drug-likeness (QED) is 0.434. The molecule has 32 heavy (non-hydrogen) atoms. The van der Waals surface area contributed by atoms with E-state index < -0.39 is 9.84 Å². The van der Waals surface area contributed by atoms with E-state index in [9.17, 15) is 13.2 Å². The molecule has 1 aliphatic rings. The first-order valence-corrected chi connectivity index (χ1v) is 14.4. The van der Waals surface area contributed by atoms with Crippen LogP contribution in [0.1, 0.15) is 12.8 Å². The van der Waals surface area contributed by atoms with Gasteiger partial charge in [-0.1, -0.05) is 29.0 Å². The van der Waals surface area contributed by atoms with Crippen molar-refractivity contribution in [2.75, 3.05) is 43.1 Å². The maximum atomic E-state index is 12.6. The Morgan fingerprint density at radius 3 is 2.53 bits per heavy atom. The molecule has 0 spiro atoms. The number of fused-ring (bicyclic) bond motifs is 1. The average molecular weight is 510 g/mol. The van der Waals surface area contributed by atoms with Crippen molar-refractivity contribution in [3.63, 3.8) is 0 Å². The number of nitrogens with zero attached hydrogens (tertiary/aromatic N) is 3. The second-order valence-corrected chi connectivity index (χ2v) is 12.0. The summed E-state index contributed by atoms with van der Waals surface area (Å²) in [6.45, 7) is 2.69. The number of aromatic nitrogens is 1. The van der Waals surface area contributed by atoms with Crippen LogP contribution in [0.2, 0.25) is 5.02 Å². The molecule has 2 aromatic carbocycles. The fraction of sp³-hybridized carbons (Fsp3) is 0.364. The molecular weight excluding hydrogens is 486 g/mol. The topological polar surface area (TPSA) is 70.6 Å². The van der Waals surface area contributed by atoms with E-state index in [0.29, 0.717) is 24.5 Å². The van der Waals surface area contributed by atoms with E-state index >= 15 is 0 Å². The molecule has 4 rings (SSSR count). The van der Waals surface area contributed by atoms with Gasteiger partial charge in [-0.25, -0.2) is 13.4 Å². The fourth-order valence-corrected chi connectivity index (χ4v) is 6.80. The van der Waals surface area contributed by atoms with E-state index in [1.807, 2.05) is 4.90 Å². The predicted molar refractivity (Wildman–Crippen MR) is 133 cm³/mol. The van der Waals surface area contributed by atoms with Crippen LogP contribution < -0.4 is 4.90 Å². The fourth-order valence-electron chi connectivity index (χ4n) is 3.69. The smallest absolute Gasteiger partial charge is 0.222 e. The Labute approximate surface area is 201 Å². The first-order chi connectivity index (χ1) is 15.4. The highest BCUT2D eigenvalue weighted by molar-refractivity contribution is 7.98. The minimum atomic E-state index is -3.41. The summed E-state index contributed by atoms with van der Waals surface area (Å²) in [4.78, 5) is 22.9. The van der Waals surface area contributed by atoms with Gasteiger partial charge < -0.3 is 9.80 Å². The van der Waals surface area contributed by atoms with Gasteiger partial charge >= 0.3 is 0 Å². The molecule has 1 aromatic heterocycles. The third-order valence-electron chi connectivity index (χ3n) is 5.47. The molecule has 1 saturated heterocycles. The lowest BCUT2D eigenvalue weighted by Crippen LogP contribution is -2.48. The third-order valence-corrected chi connectivity index (χ3v) is 9.39. The Hall–Kier alpha value is -1.81. The number of halogens is 1. The highest BCUT2D eigenvalue weighted by Gasteiger charge is 2.24. The Morgan fingerprint density at radius 2 is 1.84 bits per heavy atom. The van der Waals surface area contributed by atoms with Crippen LogP contribution in [0.3, 0.4) is 0 Å². The number of amides is 1. The van der Waals surface area contributed by atoms with Crippen molar-refractivity contribution in [2.24, 2.45) is 0 Å². The number of para-hydroxylation sites is 1. The maximum absolute atomic E-state index is 12.6. The number of anilines is 1. The second-order valence-electron chi connectivity index (χ2n) is 7.55. The molecule has 0 radical (unpaired) electrons. The van der Waals surface area contributed by atoms with Gasteiger partial charge in [0, 0.05) is 42.5 Å². The molecule has 0 N–H and O–H groups in total. The zero-order valence-electron chi connectivity index (χ0n) is 17.7. The van der Waals surface area contributed by atoms with Gasteiger partial charge in [0.15, 0.2) is 15.0 Å². The van der Waals surface area contributed by atoms with Crippen LogP contribution in [0.25, 0.3) is 10.2 Å². The van der Waals surface area contributed by atoms with Crippen LogP contribution in [0, 0.1) is 0 Å². The highest BCUT2D eigenvalue weighted by Crippen LogP contribution is 2.34. The normalized spacial score (nSPS) is 14.8. The molecule has 3 aromatic rings. The summed E-state index contributed by atoms with van der Waals surface area (Å²) in [5.41, 5.74) is 1.04. The molecule has 1 fully saturated rings. The Balaban J connectivity index is 1.29. The molecule has 0 aliphatic carbocycles. The molecule has 0 bridgehead atoms. The Kier molecular flexibility index (Phi) is 7.29. The summed E-state index contributed by atoms with van der Waals surface area (Å²) in [5, 5.41) is 1.48. The van der Waals surface area contributed by atoms with Gasteiger partial charge in [-0.3, -0.25) is 4.79 Å². The molecule has 6 nitrogen and oxygen atoms in total. The summed E-state index contributed by atoms with van der Waals surface area (Å²) in [7, 11) is -3.41. The van der Waals surface area contributed by atoms with Crippen molar-refractivity contribution in [2.45, 2.75) is 22.6 Å². The summed E-state index contributed by atoms with van der Waals surface area (Å²) in [6, 6.07) is 12.4. The van der Waals surface area contributed by atoms with Crippen LogP contribution in [0.4, 0.5) is 5.13 Å². The molecule has 2 heterocycles. The first-order valence-electron chi connectivity index (χ1n) is 10.3. The second kappa shape index (κ2) is 9.99. The predicted octanol–water partition coefficient (Wildman–Crippen LogP) is 4.57. The largest absolute Gasteiger partial charge is 0.345 e. The van der Waals surface area contributed by atoms with Gasteiger partial charge in [-0.2, -0.15) is 0 Å². The van der Waals surface area contributed by atoms with E-state index in [1.165, 1.54) is 21.7 Å². The van der Waals surface area contributed by atoms with Crippen LogP contribution in [0.15, 0.2) is 52.3 Å². The van der Waals surface area contributed by atoms with Crippen molar-refractivity contribution in [3.05, 3.63) is 47.5 Å². The average Bonchev–Trinajstić information content (AvgIpc) is 3.24. The van der Waals surface area contributed by atoms with E-state index in [2.05, 4.69) is 29.4 Å². The minimum Gasteiger partial charge on any atom is -0.345 e. The number of carbonyl (C=O) groups is 1. The lowest BCUT2D eigenvalue weighted by Gasteiger charge is -2.34. The van der Waals surface area contributed by atoms with E-state index in [4.69, 9.17) is 16.6 Å². The third kappa shape index (κ3) is 5.22. The van der Waals surface area contributed by atoms with Crippen LogP contribution in [-0.4, -0.2) is 62.4 Å². The number of piperazine rings is 1. The van der Waals surface area contributed by atoms with Gasteiger partial charge in [0.05, 0.1) is 20.9 Å². The van der Waals surface area contributed by atoms with Gasteiger partial charge in [-0.05, 0) is 49.1 Å². The number of rotatable bonds is 7. The summed E-state index contributed by atoms with van der Waals surface area (Å²) >= 11 is 9.20. The van der Waals surface area contributed by atoms with Crippen molar-refractivity contribution in [1.82, 2.24) is 9.88 Å². The number of carbonyl (C=O) groups excluding carboxylic acids is 1. The maximum Gasteiger partial charge on any atom is 0.222 e. The van der Waals surface area contributed by atoms with Crippen LogP contribution in [-0.2, 0) is 14.6 Å². The van der Waals surface area contributed by atoms with Gasteiger partial charge in [0.1, 0.15) is 0 Å². The standard InChI is InChI=1S/C22H24ClN3O3S3/c1-30-18-4-2-5-19-21(18)24-22(31-19)26-13-11-25(12-14-26)20(27)6-3-15-32(28,29)17-9-7-16(23)8-10-17/h2,4-5,7-10H,3,6,11-15H2,1H3. The zero-order chi connectivity index (χ0) is 22.7. The molecule has 1 aliphatic heterocycles. The van der Waals surface area contributed by atoms with E-state index in [1.54, 1.807) is 35.2 Å². The van der Waals surface area contributed by atoms with Crippen molar-refractivity contribution in [3.8, 4) is 0 Å². The number of hydrogen-bond donors (Lipinski definition) is 0. The number of thioether (sulfide) groups is 1. The highest BCUT2D eigenvalue weighted by atomic mass is 35.5. The van der Waals surface area contributed by atoms with E-state index in [0.717, 1.165) is 23.7 Å². The van der Waals surface area contributed by atoms with Crippen molar-refractivity contribution >= 4 is 65.8 Å². The summed E-state index contributed by atoms with van der Waals surface area (Å²) in [5.74, 6) is -0.0472. The summed E-state index contributed by atoms with van der Waals surface area (Å²) in [6.07, 6.45) is 2.59. The number of thiazole rings is 1. The molecule has 10 heteroatoms. The van der Waals surface area contributed by atoms with Gasteiger partial charge in [0.2, 0.25) is 5.91 Å². The van der Waals surface area contributed by atoms with Crippen LogP contribution >= 0.6 is 34.7 Å². The molecule has 1 amide bonds. The molecule has 0 saturated carbocycles.